The molecule has 0 fully saturated rings. The number of hydrogen-bond donors (Lipinski definition) is 1. The lowest BCUT2D eigenvalue weighted by atomic mass is 10.1. The first kappa shape index (κ1) is 12.1. The number of nitrogens with two attached hydrogens (primary N) is 1. The van der Waals surface area contributed by atoms with E-state index in [4.69, 9.17) is 5.73 Å². The number of amides is 1. The molecule has 0 aliphatic heterocycles. The predicted molar refractivity (Wildman–Crippen MR) is 71.1 cm³/mol. The number of hydrogen-bond acceptors (Lipinski definition) is 4. The normalized spacial score (nSPS) is 12.3. The smallest absolute Gasteiger partial charge is 0.235 e. The van der Waals surface area contributed by atoms with Gasteiger partial charge in [0.2, 0.25) is 5.91 Å². The van der Waals surface area contributed by atoms with Crippen LogP contribution >= 0.6 is 23.1 Å². The number of nitrogens with zero attached hydrogens (tertiary/aromatic N) is 1. The molecule has 5 heteroatoms. The van der Waals surface area contributed by atoms with Crippen LogP contribution in [0.25, 0.3) is 0 Å². The second kappa shape index (κ2) is 5.33. The number of thiazole rings is 1. The van der Waals surface area contributed by atoms with Crippen molar-refractivity contribution in [2.75, 3.05) is 0 Å². The topological polar surface area (TPSA) is 56.0 Å². The van der Waals surface area contributed by atoms with Crippen molar-refractivity contribution in [3.63, 3.8) is 0 Å². The SMILES string of the molecule is Cc1csc(S[C@H](C(N)=O)c2ccccc2)n1. The van der Waals surface area contributed by atoms with Gasteiger partial charge in [0, 0.05) is 11.1 Å². The van der Waals surface area contributed by atoms with E-state index in [1.54, 1.807) is 0 Å². The third-order valence-corrected chi connectivity index (χ3v) is 4.54. The maximum atomic E-state index is 11.5. The quantitative estimate of drug-likeness (QED) is 0.864. The Morgan fingerprint density at radius 1 is 1.41 bits per heavy atom. The van der Waals surface area contributed by atoms with E-state index in [0.717, 1.165) is 15.6 Å². The summed E-state index contributed by atoms with van der Waals surface area (Å²) >= 11 is 2.94. The largest absolute Gasteiger partial charge is 0.368 e. The minimum absolute atomic E-state index is 0.339. The van der Waals surface area contributed by atoms with Crippen LogP contribution in [0.3, 0.4) is 0 Å². The van der Waals surface area contributed by atoms with Crippen LogP contribution in [-0.4, -0.2) is 10.9 Å². The molecule has 2 aromatic rings. The number of primary amides is 1. The fourth-order valence-electron chi connectivity index (χ4n) is 1.41. The van der Waals surface area contributed by atoms with Crippen molar-refractivity contribution in [3.05, 3.63) is 47.0 Å². The van der Waals surface area contributed by atoms with E-state index in [0.29, 0.717) is 0 Å². The van der Waals surface area contributed by atoms with Crippen LogP contribution in [0.1, 0.15) is 16.5 Å². The number of aryl methyl sites for hydroxylation is 1. The summed E-state index contributed by atoms with van der Waals surface area (Å²) in [6.07, 6.45) is 0. The van der Waals surface area contributed by atoms with E-state index in [2.05, 4.69) is 4.98 Å². The Labute approximate surface area is 108 Å². The summed E-state index contributed by atoms with van der Waals surface area (Å²) in [5.41, 5.74) is 7.32. The van der Waals surface area contributed by atoms with Gasteiger partial charge in [0.25, 0.3) is 0 Å². The Kier molecular flexibility index (Phi) is 3.81. The molecule has 1 heterocycles. The van der Waals surface area contributed by atoms with Gasteiger partial charge < -0.3 is 5.73 Å². The molecule has 0 unspecified atom stereocenters. The van der Waals surface area contributed by atoms with Crippen molar-refractivity contribution in [2.45, 2.75) is 16.5 Å². The van der Waals surface area contributed by atoms with Gasteiger partial charge >= 0.3 is 0 Å². The number of thioether (sulfide) groups is 1. The molecular weight excluding hydrogens is 252 g/mol. The van der Waals surface area contributed by atoms with Crippen LogP contribution in [0.4, 0.5) is 0 Å². The third kappa shape index (κ3) is 3.08. The highest BCUT2D eigenvalue weighted by Crippen LogP contribution is 2.36. The maximum Gasteiger partial charge on any atom is 0.235 e. The summed E-state index contributed by atoms with van der Waals surface area (Å²) in [6, 6.07) is 9.53. The van der Waals surface area contributed by atoms with E-state index < -0.39 is 0 Å². The molecule has 0 aliphatic carbocycles. The minimum atomic E-state index is -0.373. The fourth-order valence-corrected chi connectivity index (χ4v) is 3.39. The monoisotopic (exact) mass is 264 g/mol. The van der Waals surface area contributed by atoms with Gasteiger partial charge in [-0.05, 0) is 12.5 Å². The molecule has 2 rings (SSSR count). The number of carbonyl (C=O) groups is 1. The van der Waals surface area contributed by atoms with Gasteiger partial charge in [0.05, 0.1) is 0 Å². The summed E-state index contributed by atoms with van der Waals surface area (Å²) < 4.78 is 0.871. The van der Waals surface area contributed by atoms with Crippen LogP contribution in [0.15, 0.2) is 40.1 Å². The molecule has 88 valence electrons. The van der Waals surface area contributed by atoms with Gasteiger partial charge in [-0.15, -0.1) is 11.3 Å². The van der Waals surface area contributed by atoms with Crippen LogP contribution in [0.2, 0.25) is 0 Å². The Morgan fingerprint density at radius 3 is 2.65 bits per heavy atom. The maximum absolute atomic E-state index is 11.5. The van der Waals surface area contributed by atoms with Crippen LogP contribution in [0.5, 0.6) is 0 Å². The van der Waals surface area contributed by atoms with Crippen LogP contribution in [-0.2, 0) is 4.79 Å². The average Bonchev–Trinajstić information content (AvgIpc) is 2.73. The number of rotatable bonds is 4. The lowest BCUT2D eigenvalue weighted by Crippen LogP contribution is -2.18. The zero-order valence-corrected chi connectivity index (χ0v) is 10.9. The van der Waals surface area contributed by atoms with Crippen molar-refractivity contribution in [1.82, 2.24) is 4.98 Å². The Hall–Kier alpha value is -1.33. The summed E-state index contributed by atoms with van der Waals surface area (Å²) in [6.45, 7) is 1.93. The first-order chi connectivity index (χ1) is 8.16. The summed E-state index contributed by atoms with van der Waals surface area (Å²) in [5.74, 6) is -0.339. The van der Waals surface area contributed by atoms with Gasteiger partial charge in [-0.1, -0.05) is 42.1 Å². The van der Waals surface area contributed by atoms with Crippen molar-refractivity contribution in [3.8, 4) is 0 Å². The number of aromatic nitrogens is 1. The van der Waals surface area contributed by atoms with Crippen molar-refractivity contribution < 1.29 is 4.79 Å². The predicted octanol–water partition coefficient (Wildman–Crippen LogP) is 2.77. The van der Waals surface area contributed by atoms with Gasteiger partial charge in [0.1, 0.15) is 5.25 Å². The highest BCUT2D eigenvalue weighted by Gasteiger charge is 2.20. The number of carbonyl (C=O) groups excluding carboxylic acids is 1. The van der Waals surface area contributed by atoms with Gasteiger partial charge in [-0.2, -0.15) is 0 Å². The van der Waals surface area contributed by atoms with Gasteiger partial charge in [-0.3, -0.25) is 4.79 Å². The molecule has 1 atom stereocenters. The molecule has 0 saturated carbocycles. The molecular formula is C12H12N2OS2. The molecule has 1 aromatic heterocycles. The van der Waals surface area contributed by atoms with E-state index in [1.807, 2.05) is 42.6 Å². The first-order valence-corrected chi connectivity index (χ1v) is 6.86. The molecule has 2 N–H and O–H groups in total. The van der Waals surface area contributed by atoms with Crippen molar-refractivity contribution in [1.29, 1.82) is 0 Å². The van der Waals surface area contributed by atoms with Crippen molar-refractivity contribution in [2.24, 2.45) is 5.73 Å². The molecule has 17 heavy (non-hydrogen) atoms. The third-order valence-electron chi connectivity index (χ3n) is 2.18. The highest BCUT2D eigenvalue weighted by molar-refractivity contribution is 8.01. The second-order valence-electron chi connectivity index (χ2n) is 3.57. The van der Waals surface area contributed by atoms with Gasteiger partial charge in [0.15, 0.2) is 4.34 Å². The molecule has 1 amide bonds. The molecule has 3 nitrogen and oxygen atoms in total. The molecule has 0 spiro atoms. The first-order valence-electron chi connectivity index (χ1n) is 5.10. The zero-order valence-electron chi connectivity index (χ0n) is 9.29. The molecule has 0 aliphatic rings. The second-order valence-corrected chi connectivity index (χ2v) is 5.78. The van der Waals surface area contributed by atoms with E-state index >= 15 is 0 Å². The summed E-state index contributed by atoms with van der Waals surface area (Å²) in [5, 5.41) is 1.59. The molecule has 1 aromatic carbocycles. The lowest BCUT2D eigenvalue weighted by molar-refractivity contribution is -0.117. The van der Waals surface area contributed by atoms with Crippen LogP contribution < -0.4 is 5.73 Å². The lowest BCUT2D eigenvalue weighted by Gasteiger charge is -2.11. The standard InChI is InChI=1S/C12H12N2OS2/c1-8-7-16-12(14-8)17-10(11(13)15)9-5-3-2-4-6-9/h2-7,10H,1H3,(H2,13,15)/t10-/m0/s1. The van der Waals surface area contributed by atoms with E-state index in [-0.39, 0.29) is 11.2 Å². The molecule has 0 radical (unpaired) electrons. The van der Waals surface area contributed by atoms with Crippen molar-refractivity contribution >= 4 is 29.0 Å². The fraction of sp³-hybridized carbons (Fsp3) is 0.167. The van der Waals surface area contributed by atoms with Gasteiger partial charge in [-0.25, -0.2) is 4.98 Å². The Balaban J connectivity index is 2.22. The molecule has 0 saturated heterocycles. The average molecular weight is 264 g/mol. The molecule has 0 bridgehead atoms. The summed E-state index contributed by atoms with van der Waals surface area (Å²) in [7, 11) is 0. The van der Waals surface area contributed by atoms with E-state index in [1.165, 1.54) is 23.1 Å². The summed E-state index contributed by atoms with van der Waals surface area (Å²) in [4.78, 5) is 15.8. The Bertz CT molecular complexity index is 510. The highest BCUT2D eigenvalue weighted by atomic mass is 32.2. The number of benzene rings is 1. The van der Waals surface area contributed by atoms with Crippen LogP contribution in [0, 0.1) is 6.92 Å². The minimum Gasteiger partial charge on any atom is -0.368 e. The zero-order chi connectivity index (χ0) is 12.3. The van der Waals surface area contributed by atoms with E-state index in [9.17, 15) is 4.79 Å². The Morgan fingerprint density at radius 2 is 2.12 bits per heavy atom.